The van der Waals surface area contributed by atoms with E-state index in [9.17, 15) is 13.2 Å². The molecule has 9 heteroatoms. The van der Waals surface area contributed by atoms with Crippen molar-refractivity contribution in [1.82, 2.24) is 19.0 Å². The lowest BCUT2D eigenvalue weighted by Crippen LogP contribution is -2.43. The summed E-state index contributed by atoms with van der Waals surface area (Å²) in [5.41, 5.74) is 2.29. The van der Waals surface area contributed by atoms with Gasteiger partial charge >= 0.3 is 0 Å². The zero-order valence-electron chi connectivity index (χ0n) is 18.3. The van der Waals surface area contributed by atoms with Gasteiger partial charge in [0.15, 0.2) is 0 Å². The molecule has 1 aliphatic heterocycles. The summed E-state index contributed by atoms with van der Waals surface area (Å²) in [6.45, 7) is 1.02. The van der Waals surface area contributed by atoms with Gasteiger partial charge in [-0.1, -0.05) is 18.2 Å². The van der Waals surface area contributed by atoms with E-state index in [-0.39, 0.29) is 16.7 Å². The molecule has 33 heavy (non-hydrogen) atoms. The van der Waals surface area contributed by atoms with Crippen molar-refractivity contribution in [2.75, 3.05) is 20.1 Å². The van der Waals surface area contributed by atoms with E-state index in [0.717, 1.165) is 11.3 Å². The number of aromatic nitrogens is 2. The minimum Gasteiger partial charge on any atom is -0.341 e. The molecule has 0 N–H and O–H groups in total. The predicted molar refractivity (Wildman–Crippen MR) is 123 cm³/mol. The third kappa shape index (κ3) is 4.97. The molecule has 1 saturated heterocycles. The molecule has 0 radical (unpaired) electrons. The van der Waals surface area contributed by atoms with Crippen molar-refractivity contribution >= 4 is 15.9 Å². The van der Waals surface area contributed by atoms with Gasteiger partial charge < -0.3 is 4.90 Å². The highest BCUT2D eigenvalue weighted by Crippen LogP contribution is 2.25. The Balaban J connectivity index is 1.34. The zero-order chi connectivity index (χ0) is 23.4. The van der Waals surface area contributed by atoms with E-state index in [1.807, 2.05) is 42.6 Å². The summed E-state index contributed by atoms with van der Waals surface area (Å²) >= 11 is 0. The lowest BCUT2D eigenvalue weighted by atomic mass is 9.96. The number of sulfonamides is 1. The normalized spacial score (nSPS) is 15.2. The highest BCUT2D eigenvalue weighted by atomic mass is 32.2. The lowest BCUT2D eigenvalue weighted by molar-refractivity contribution is -0.135. The van der Waals surface area contributed by atoms with Crippen molar-refractivity contribution in [3.05, 3.63) is 78.1 Å². The van der Waals surface area contributed by atoms with Gasteiger partial charge in [-0.15, -0.1) is 0 Å². The van der Waals surface area contributed by atoms with E-state index < -0.39 is 10.0 Å². The Morgan fingerprint density at radius 3 is 2.42 bits per heavy atom. The largest absolute Gasteiger partial charge is 0.341 e. The van der Waals surface area contributed by atoms with Crippen LogP contribution in [-0.2, 0) is 21.4 Å². The first-order valence-corrected chi connectivity index (χ1v) is 12.2. The average molecular weight is 464 g/mol. The van der Waals surface area contributed by atoms with E-state index >= 15 is 0 Å². The predicted octanol–water partition coefficient (Wildman–Crippen LogP) is 2.80. The van der Waals surface area contributed by atoms with Gasteiger partial charge in [0.05, 0.1) is 28.4 Å². The molecule has 170 valence electrons. The number of hydrogen-bond donors (Lipinski definition) is 0. The highest BCUT2D eigenvalue weighted by Gasteiger charge is 2.33. The minimum absolute atomic E-state index is 0.0119. The van der Waals surface area contributed by atoms with Gasteiger partial charge in [-0.05, 0) is 49.2 Å². The van der Waals surface area contributed by atoms with Gasteiger partial charge in [0.1, 0.15) is 0 Å². The number of piperidine rings is 1. The van der Waals surface area contributed by atoms with Crippen LogP contribution in [0.4, 0.5) is 0 Å². The van der Waals surface area contributed by atoms with Crippen molar-refractivity contribution in [1.29, 1.82) is 5.26 Å². The number of nitriles is 1. The average Bonchev–Trinajstić information content (AvgIpc) is 3.32. The van der Waals surface area contributed by atoms with Gasteiger partial charge in [-0.25, -0.2) is 13.1 Å². The Morgan fingerprint density at radius 2 is 1.79 bits per heavy atom. The maximum atomic E-state index is 13.0. The molecule has 0 bridgehead atoms. The number of para-hydroxylation sites is 1. The molecule has 2 aromatic carbocycles. The van der Waals surface area contributed by atoms with Crippen LogP contribution in [0.2, 0.25) is 0 Å². The number of benzene rings is 2. The lowest BCUT2D eigenvalue weighted by Gasteiger charge is -2.32. The molecule has 0 saturated carbocycles. The Bertz CT molecular complexity index is 1260. The highest BCUT2D eigenvalue weighted by molar-refractivity contribution is 7.89. The second kappa shape index (κ2) is 9.57. The number of nitrogens with zero attached hydrogens (tertiary/aromatic N) is 5. The number of carbonyl (C=O) groups excluding carboxylic acids is 1. The molecule has 8 nitrogen and oxygen atoms in total. The maximum absolute atomic E-state index is 13.0. The molecule has 1 aliphatic rings. The Labute approximate surface area is 193 Å². The Hall–Kier alpha value is -3.48. The van der Waals surface area contributed by atoms with Gasteiger partial charge in [0, 0.05) is 44.4 Å². The number of carbonyl (C=O) groups is 1. The SMILES string of the molecule is CN(Cc1cnn(-c2ccccc2)c1)C(=O)C1CCN(S(=O)(=O)c2ccc(C#N)cc2)CC1. The van der Waals surface area contributed by atoms with Crippen LogP contribution in [0.25, 0.3) is 5.69 Å². The summed E-state index contributed by atoms with van der Waals surface area (Å²) in [5, 5.41) is 13.3. The summed E-state index contributed by atoms with van der Waals surface area (Å²) < 4.78 is 29.0. The molecule has 1 fully saturated rings. The summed E-state index contributed by atoms with van der Waals surface area (Å²) in [6, 6.07) is 17.6. The van der Waals surface area contributed by atoms with Gasteiger partial charge in [0.2, 0.25) is 15.9 Å². The maximum Gasteiger partial charge on any atom is 0.243 e. The van der Waals surface area contributed by atoms with Crippen molar-refractivity contribution in [3.63, 3.8) is 0 Å². The second-order valence-corrected chi connectivity index (χ2v) is 10.1. The topological polar surface area (TPSA) is 99.3 Å². The standard InChI is InChI=1S/C24H25N5O3S/c1-27(17-20-16-26-29(18-20)22-5-3-2-4-6-22)24(30)21-11-13-28(14-12-21)33(31,32)23-9-7-19(15-25)8-10-23/h2-10,16,18,21H,11-14,17H2,1H3. The van der Waals surface area contributed by atoms with Crippen molar-refractivity contribution in [2.24, 2.45) is 5.92 Å². The summed E-state index contributed by atoms with van der Waals surface area (Å²) in [5.74, 6) is -0.204. The van der Waals surface area contributed by atoms with Crippen LogP contribution < -0.4 is 0 Å². The minimum atomic E-state index is -3.64. The van der Waals surface area contributed by atoms with E-state index in [2.05, 4.69) is 5.10 Å². The molecule has 1 amide bonds. The molecule has 2 heterocycles. The van der Waals surface area contributed by atoms with Crippen molar-refractivity contribution < 1.29 is 13.2 Å². The van der Waals surface area contributed by atoms with Crippen LogP contribution >= 0.6 is 0 Å². The first-order chi connectivity index (χ1) is 15.9. The third-order valence-corrected chi connectivity index (χ3v) is 7.79. The molecule has 4 rings (SSSR count). The molecule has 0 unspecified atom stereocenters. The van der Waals surface area contributed by atoms with E-state index in [1.54, 1.807) is 22.8 Å². The first-order valence-electron chi connectivity index (χ1n) is 10.7. The van der Waals surface area contributed by atoms with Crippen LogP contribution in [0, 0.1) is 17.2 Å². The summed E-state index contributed by atoms with van der Waals surface area (Å²) in [6.07, 6.45) is 4.61. The van der Waals surface area contributed by atoms with Gasteiger partial charge in [-0.2, -0.15) is 14.7 Å². The van der Waals surface area contributed by atoms with Crippen LogP contribution in [-0.4, -0.2) is 53.4 Å². The van der Waals surface area contributed by atoms with Gasteiger partial charge in [0.25, 0.3) is 0 Å². The zero-order valence-corrected chi connectivity index (χ0v) is 19.1. The molecule has 0 aliphatic carbocycles. The second-order valence-electron chi connectivity index (χ2n) is 8.14. The van der Waals surface area contributed by atoms with E-state index in [1.165, 1.54) is 28.6 Å². The van der Waals surface area contributed by atoms with Crippen LogP contribution in [0.3, 0.4) is 0 Å². The summed E-state index contributed by atoms with van der Waals surface area (Å²) in [7, 11) is -1.87. The van der Waals surface area contributed by atoms with E-state index in [4.69, 9.17) is 5.26 Å². The summed E-state index contributed by atoms with van der Waals surface area (Å²) in [4.78, 5) is 14.8. The fourth-order valence-electron chi connectivity index (χ4n) is 4.02. The molecule has 3 aromatic rings. The third-order valence-electron chi connectivity index (χ3n) is 5.88. The Morgan fingerprint density at radius 1 is 1.12 bits per heavy atom. The molecule has 0 spiro atoms. The number of rotatable bonds is 6. The Kier molecular flexibility index (Phi) is 6.58. The smallest absolute Gasteiger partial charge is 0.243 e. The monoisotopic (exact) mass is 463 g/mol. The fraction of sp³-hybridized carbons (Fsp3) is 0.292. The van der Waals surface area contributed by atoms with Gasteiger partial charge in [-0.3, -0.25) is 4.79 Å². The molecular formula is C24H25N5O3S. The van der Waals surface area contributed by atoms with Crippen LogP contribution in [0.15, 0.2) is 71.9 Å². The van der Waals surface area contributed by atoms with Crippen LogP contribution in [0.1, 0.15) is 24.0 Å². The number of amides is 1. The van der Waals surface area contributed by atoms with Crippen molar-refractivity contribution in [3.8, 4) is 11.8 Å². The molecular weight excluding hydrogens is 438 g/mol. The molecule has 0 atom stereocenters. The van der Waals surface area contributed by atoms with Crippen molar-refractivity contribution in [2.45, 2.75) is 24.3 Å². The van der Waals surface area contributed by atoms with Crippen LogP contribution in [0.5, 0.6) is 0 Å². The molecule has 1 aromatic heterocycles. The quantitative estimate of drug-likeness (QED) is 0.560. The van der Waals surface area contributed by atoms with E-state index in [0.29, 0.717) is 38.0 Å². The first kappa shape index (κ1) is 22.7. The number of hydrogen-bond acceptors (Lipinski definition) is 5. The fourth-order valence-corrected chi connectivity index (χ4v) is 5.49.